The van der Waals surface area contributed by atoms with Crippen LogP contribution >= 0.6 is 0 Å². The van der Waals surface area contributed by atoms with E-state index in [4.69, 9.17) is 4.74 Å². The van der Waals surface area contributed by atoms with E-state index in [1.807, 2.05) is 17.0 Å². The summed E-state index contributed by atoms with van der Waals surface area (Å²) < 4.78 is 5.22. The largest absolute Gasteiger partial charge is 0.508 e. The first-order valence-electron chi connectivity index (χ1n) is 9.92. The lowest BCUT2D eigenvalue weighted by molar-refractivity contribution is -0.131. The molecule has 0 radical (unpaired) electrons. The van der Waals surface area contributed by atoms with Gasteiger partial charge in [-0.25, -0.2) is 0 Å². The molecule has 0 saturated carbocycles. The van der Waals surface area contributed by atoms with Gasteiger partial charge in [-0.15, -0.1) is 0 Å². The average Bonchev–Trinajstić information content (AvgIpc) is 2.70. The Balaban J connectivity index is 1.53. The highest BCUT2D eigenvalue weighted by atomic mass is 16.5. The summed E-state index contributed by atoms with van der Waals surface area (Å²) in [5.74, 6) is 0.467. The van der Waals surface area contributed by atoms with E-state index in [0.29, 0.717) is 19.7 Å². The van der Waals surface area contributed by atoms with Crippen molar-refractivity contribution in [3.05, 3.63) is 36.0 Å². The van der Waals surface area contributed by atoms with Gasteiger partial charge in [0.2, 0.25) is 5.91 Å². The molecule has 1 heterocycles. The number of nitrogens with zero attached hydrogens (tertiary/aromatic N) is 3. The Labute approximate surface area is 162 Å². The molecule has 2 aliphatic rings. The van der Waals surface area contributed by atoms with E-state index in [-0.39, 0.29) is 11.7 Å². The van der Waals surface area contributed by atoms with Crippen molar-refractivity contribution in [1.29, 1.82) is 0 Å². The number of methoxy groups -OCH3 is 1. The van der Waals surface area contributed by atoms with Crippen LogP contribution < -0.4 is 4.90 Å². The smallest absolute Gasteiger partial charge is 0.240 e. The molecule has 1 aliphatic heterocycles. The normalized spacial score (nSPS) is 18.3. The van der Waals surface area contributed by atoms with Gasteiger partial charge in [0.05, 0.1) is 13.2 Å². The van der Waals surface area contributed by atoms with Crippen LogP contribution in [0.15, 0.2) is 36.0 Å². The van der Waals surface area contributed by atoms with Crippen molar-refractivity contribution in [3.8, 4) is 5.75 Å². The van der Waals surface area contributed by atoms with Crippen LogP contribution in [0.5, 0.6) is 5.75 Å². The highest BCUT2D eigenvalue weighted by Gasteiger charge is 2.24. The van der Waals surface area contributed by atoms with E-state index in [1.54, 1.807) is 19.2 Å². The van der Waals surface area contributed by atoms with Crippen molar-refractivity contribution in [2.24, 2.45) is 0 Å². The Morgan fingerprint density at radius 3 is 2.52 bits per heavy atom. The lowest BCUT2D eigenvalue weighted by Gasteiger charge is -2.37. The van der Waals surface area contributed by atoms with E-state index in [9.17, 15) is 9.90 Å². The van der Waals surface area contributed by atoms with Crippen LogP contribution in [0, 0.1) is 0 Å². The predicted molar refractivity (Wildman–Crippen MR) is 107 cm³/mol. The predicted octanol–water partition coefficient (Wildman–Crippen LogP) is 2.45. The number of ether oxygens (including phenoxy) is 1. The molecule has 0 unspecified atom stereocenters. The van der Waals surface area contributed by atoms with Gasteiger partial charge in [-0.05, 0) is 49.9 Å². The Bertz CT molecular complexity index is 637. The molecule has 1 aliphatic carbocycles. The zero-order chi connectivity index (χ0) is 19.1. The van der Waals surface area contributed by atoms with Gasteiger partial charge in [0.25, 0.3) is 0 Å². The summed E-state index contributed by atoms with van der Waals surface area (Å²) >= 11 is 0. The monoisotopic (exact) mass is 373 g/mol. The summed E-state index contributed by atoms with van der Waals surface area (Å²) in [4.78, 5) is 19.4. The summed E-state index contributed by atoms with van der Waals surface area (Å²) in [6.07, 6.45) is 6.66. The number of hydrogen-bond acceptors (Lipinski definition) is 5. The SMILES string of the molecule is COCCN(C(=O)CN1CCN(c2ccc(O)cc2)CC1)C1=CCCCC1. The van der Waals surface area contributed by atoms with Gasteiger partial charge in [-0.1, -0.05) is 6.08 Å². The van der Waals surface area contributed by atoms with E-state index >= 15 is 0 Å². The van der Waals surface area contributed by atoms with Gasteiger partial charge in [-0.2, -0.15) is 0 Å². The number of phenols is 1. The van der Waals surface area contributed by atoms with Crippen molar-refractivity contribution < 1.29 is 14.6 Å². The fraction of sp³-hybridized carbons (Fsp3) is 0.571. The zero-order valence-corrected chi connectivity index (χ0v) is 16.3. The van der Waals surface area contributed by atoms with Gasteiger partial charge in [0.1, 0.15) is 5.75 Å². The molecule has 1 saturated heterocycles. The molecule has 1 aromatic rings. The van der Waals surface area contributed by atoms with E-state index < -0.39 is 0 Å². The van der Waals surface area contributed by atoms with Crippen LogP contribution in [0.25, 0.3) is 0 Å². The maximum Gasteiger partial charge on any atom is 0.240 e. The number of hydrogen-bond donors (Lipinski definition) is 1. The van der Waals surface area contributed by atoms with Gasteiger partial charge >= 0.3 is 0 Å². The first kappa shape index (κ1) is 19.7. The van der Waals surface area contributed by atoms with Crippen molar-refractivity contribution >= 4 is 11.6 Å². The second-order valence-electron chi connectivity index (χ2n) is 7.26. The summed E-state index contributed by atoms with van der Waals surface area (Å²) in [5.41, 5.74) is 2.29. The van der Waals surface area contributed by atoms with Crippen molar-refractivity contribution in [1.82, 2.24) is 9.80 Å². The second kappa shape index (κ2) is 9.76. The molecule has 3 rings (SSSR count). The highest BCUT2D eigenvalue weighted by Crippen LogP contribution is 2.22. The Hall–Kier alpha value is -2.05. The molecule has 0 spiro atoms. The lowest BCUT2D eigenvalue weighted by atomic mass is 10.0. The van der Waals surface area contributed by atoms with Crippen LogP contribution in [-0.2, 0) is 9.53 Å². The number of carbonyl (C=O) groups is 1. The molecule has 0 aromatic heterocycles. The number of anilines is 1. The Morgan fingerprint density at radius 1 is 1.15 bits per heavy atom. The number of allylic oxidation sites excluding steroid dienone is 2. The van der Waals surface area contributed by atoms with E-state index in [2.05, 4.69) is 15.9 Å². The van der Waals surface area contributed by atoms with Gasteiger partial charge in [-0.3, -0.25) is 9.69 Å². The minimum absolute atomic E-state index is 0.179. The van der Waals surface area contributed by atoms with E-state index in [1.165, 1.54) is 12.1 Å². The first-order chi connectivity index (χ1) is 13.2. The molecule has 6 heteroatoms. The van der Waals surface area contributed by atoms with Crippen LogP contribution in [0.2, 0.25) is 0 Å². The van der Waals surface area contributed by atoms with Crippen LogP contribution in [-0.4, -0.2) is 73.8 Å². The fourth-order valence-electron chi connectivity index (χ4n) is 3.78. The summed E-state index contributed by atoms with van der Waals surface area (Å²) in [5, 5.41) is 9.43. The summed E-state index contributed by atoms with van der Waals surface area (Å²) in [7, 11) is 1.68. The van der Waals surface area contributed by atoms with Crippen molar-refractivity contribution in [2.75, 3.05) is 57.9 Å². The molecule has 27 heavy (non-hydrogen) atoms. The number of carbonyl (C=O) groups excluding carboxylic acids is 1. The molecule has 1 amide bonds. The summed E-state index contributed by atoms with van der Waals surface area (Å²) in [6, 6.07) is 7.32. The minimum Gasteiger partial charge on any atom is -0.508 e. The number of benzene rings is 1. The number of phenolic OH excluding ortho intramolecular Hbond substituents is 1. The van der Waals surface area contributed by atoms with Crippen LogP contribution in [0.1, 0.15) is 25.7 Å². The average molecular weight is 373 g/mol. The molecule has 6 nitrogen and oxygen atoms in total. The van der Waals surface area contributed by atoms with Gasteiger partial charge < -0.3 is 19.6 Å². The van der Waals surface area contributed by atoms with Crippen molar-refractivity contribution in [2.45, 2.75) is 25.7 Å². The Morgan fingerprint density at radius 2 is 1.89 bits per heavy atom. The third kappa shape index (κ3) is 5.47. The van der Waals surface area contributed by atoms with Gasteiger partial charge in [0.15, 0.2) is 0 Å². The van der Waals surface area contributed by atoms with Crippen LogP contribution in [0.3, 0.4) is 0 Å². The molecule has 148 valence electrons. The molecule has 0 bridgehead atoms. The number of aromatic hydroxyl groups is 1. The maximum atomic E-state index is 13.0. The van der Waals surface area contributed by atoms with Gasteiger partial charge in [0, 0.05) is 51.2 Å². The number of piperazine rings is 1. The third-order valence-electron chi connectivity index (χ3n) is 5.38. The number of amides is 1. The standard InChI is InChI=1S/C21H31N3O3/c1-27-16-15-24(19-5-3-2-4-6-19)21(26)17-22-11-13-23(14-12-22)18-7-9-20(25)10-8-18/h5,7-10,25H,2-4,6,11-17H2,1H3. The number of rotatable bonds is 7. The molecular formula is C21H31N3O3. The van der Waals surface area contributed by atoms with Crippen LogP contribution in [0.4, 0.5) is 5.69 Å². The molecule has 0 atom stereocenters. The topological polar surface area (TPSA) is 56.2 Å². The molecule has 1 fully saturated rings. The lowest BCUT2D eigenvalue weighted by Crippen LogP contribution is -2.50. The summed E-state index contributed by atoms with van der Waals surface area (Å²) in [6.45, 7) is 5.17. The highest BCUT2D eigenvalue weighted by molar-refractivity contribution is 5.80. The third-order valence-corrected chi connectivity index (χ3v) is 5.38. The molecule has 1 aromatic carbocycles. The van der Waals surface area contributed by atoms with Crippen molar-refractivity contribution in [3.63, 3.8) is 0 Å². The Kier molecular flexibility index (Phi) is 7.12. The fourth-order valence-corrected chi connectivity index (χ4v) is 3.78. The zero-order valence-electron chi connectivity index (χ0n) is 16.3. The quantitative estimate of drug-likeness (QED) is 0.796. The molecule has 1 N–H and O–H groups in total. The minimum atomic E-state index is 0.179. The second-order valence-corrected chi connectivity index (χ2v) is 7.26. The first-order valence-corrected chi connectivity index (χ1v) is 9.92. The maximum absolute atomic E-state index is 13.0. The molecular weight excluding hydrogens is 342 g/mol. The van der Waals surface area contributed by atoms with E-state index in [0.717, 1.165) is 51.1 Å².